The molecule has 0 heterocycles. The lowest BCUT2D eigenvalue weighted by Gasteiger charge is -2.21. The molecule has 8 amide bonds. The number of ether oxygens (including phenoxy) is 16. The molecule has 0 aliphatic carbocycles. The number of unbranched alkanes of at least 4 members (excludes halogenated alkanes) is 7. The van der Waals surface area contributed by atoms with Gasteiger partial charge in [0.15, 0.2) is 0 Å². The van der Waals surface area contributed by atoms with Crippen molar-refractivity contribution in [3.63, 3.8) is 0 Å². The van der Waals surface area contributed by atoms with E-state index in [4.69, 9.17) is 75.8 Å². The maximum Gasteiger partial charge on any atom is 0.407 e. The van der Waals surface area contributed by atoms with Crippen molar-refractivity contribution in [2.24, 2.45) is 23.7 Å². The van der Waals surface area contributed by atoms with Crippen LogP contribution < -0.4 is 42.5 Å². The fourth-order valence-corrected chi connectivity index (χ4v) is 18.6. The first-order valence-corrected chi connectivity index (χ1v) is 61.3. The van der Waals surface area contributed by atoms with Crippen LogP contribution in [0.5, 0.6) is 0 Å². The largest absolute Gasteiger partial charge is 0.480 e. The summed E-state index contributed by atoms with van der Waals surface area (Å²) in [4.78, 5) is 156. The average molecular weight is 2200 g/mol. The number of hydrogen-bond acceptors (Lipinski definition) is 39. The minimum atomic E-state index is -1.18. The molecule has 0 fully saturated rings. The summed E-state index contributed by atoms with van der Waals surface area (Å²) < 4.78 is 88.0. The van der Waals surface area contributed by atoms with Gasteiger partial charge in [0.1, 0.15) is 30.2 Å². The van der Waals surface area contributed by atoms with Crippen LogP contribution in [0.1, 0.15) is 188 Å². The van der Waals surface area contributed by atoms with Crippen LogP contribution >= 0.6 is 108 Å². The number of carboxylic acid groups (broad SMARTS) is 5. The molecule has 818 valence electrons. The Balaban J connectivity index is 0. The predicted octanol–water partition coefficient (Wildman–Crippen LogP) is 14.9. The zero-order valence-electron chi connectivity index (χ0n) is 82.9. The van der Waals surface area contributed by atoms with Crippen molar-refractivity contribution in [1.82, 2.24) is 42.5 Å². The van der Waals surface area contributed by atoms with Crippen LogP contribution in [0, 0.1) is 23.7 Å². The SMILES string of the molecule is CCCCOCCOCCNC(=O)OCCCCC(CCCOC(=O)NCCOCCOCCCC)COCC(CCCCOC(=O)NCCOCCOCCCC)CCCOC(=O)NC(CSSC)C(=O)O.CSSCC(NC(=O)OCCCCC(CCCOC(=O)NC(CSSC)C(=O)O)COCC(CCCCOC(=O)NC(CSSC)C(=O)O)CCCOC(=O)NC(CSSC)C(=O)O)C(=O)O. The van der Waals surface area contributed by atoms with Crippen LogP contribution in [0.15, 0.2) is 0 Å². The molecule has 0 aliphatic heterocycles. The van der Waals surface area contributed by atoms with E-state index in [2.05, 4.69) is 63.3 Å². The Morgan fingerprint density at radius 1 is 0.214 bits per heavy atom. The average Bonchev–Trinajstić information content (AvgIpc) is 0.944. The summed E-state index contributed by atoms with van der Waals surface area (Å²) in [7, 11) is 13.4. The van der Waals surface area contributed by atoms with E-state index in [1.54, 1.807) is 25.0 Å². The molecule has 0 aromatic carbocycles. The molecule has 0 spiro atoms. The third-order valence-corrected chi connectivity index (χ3v) is 28.7. The van der Waals surface area contributed by atoms with E-state index in [1.807, 2.05) is 6.26 Å². The van der Waals surface area contributed by atoms with Crippen LogP contribution in [0.4, 0.5) is 38.4 Å². The van der Waals surface area contributed by atoms with Gasteiger partial charge in [-0.25, -0.2) is 62.3 Å². The highest BCUT2D eigenvalue weighted by Crippen LogP contribution is 2.26. The minimum absolute atomic E-state index is 0.0147. The number of carbonyl (C=O) groups excluding carboxylic acids is 8. The summed E-state index contributed by atoms with van der Waals surface area (Å²) in [6, 6.07) is -5.51. The topological polar surface area (TPSA) is 567 Å². The van der Waals surface area contributed by atoms with E-state index < -0.39 is 109 Å². The Bertz CT molecular complexity index is 3050. The van der Waals surface area contributed by atoms with Gasteiger partial charge in [-0.1, -0.05) is 148 Å². The van der Waals surface area contributed by atoms with Gasteiger partial charge in [-0.15, -0.1) is 0 Å². The van der Waals surface area contributed by atoms with Crippen LogP contribution in [-0.4, -0.2) is 373 Å². The van der Waals surface area contributed by atoms with Crippen molar-refractivity contribution in [2.45, 2.75) is 218 Å². The number of amides is 8. The second-order valence-corrected chi connectivity index (χ2v) is 44.2. The fraction of sp³-hybridized carbons (Fsp3) is 0.852. The highest BCUT2D eigenvalue weighted by atomic mass is 33.1. The van der Waals surface area contributed by atoms with Crippen LogP contribution in [0.2, 0.25) is 0 Å². The molecule has 0 aromatic heterocycles. The van der Waals surface area contributed by atoms with Crippen molar-refractivity contribution in [2.75, 3.05) is 238 Å². The molecular weight excluding hydrogens is 2030 g/mol. The Morgan fingerprint density at radius 2 is 0.393 bits per heavy atom. The van der Waals surface area contributed by atoms with Crippen LogP contribution in [0.25, 0.3) is 0 Å². The van der Waals surface area contributed by atoms with E-state index in [1.165, 1.54) is 108 Å². The smallest absolute Gasteiger partial charge is 0.407 e. The van der Waals surface area contributed by atoms with Gasteiger partial charge in [0.2, 0.25) is 0 Å². The van der Waals surface area contributed by atoms with Gasteiger partial charge in [0, 0.05) is 94.6 Å². The maximum atomic E-state index is 12.4. The van der Waals surface area contributed by atoms with E-state index in [0.717, 1.165) is 70.6 Å². The van der Waals surface area contributed by atoms with Gasteiger partial charge >= 0.3 is 78.6 Å². The number of rotatable bonds is 96. The van der Waals surface area contributed by atoms with Gasteiger partial charge in [0.05, 0.1) is 112 Å². The molecule has 9 unspecified atom stereocenters. The second kappa shape index (κ2) is 101. The van der Waals surface area contributed by atoms with E-state index in [9.17, 15) is 87.9 Å². The lowest BCUT2D eigenvalue weighted by atomic mass is 9.96. The summed E-state index contributed by atoms with van der Waals surface area (Å²) in [6.45, 7) is 15.9. The van der Waals surface area contributed by atoms with Crippen LogP contribution in [-0.2, 0) is 99.8 Å². The lowest BCUT2D eigenvalue weighted by Crippen LogP contribution is -2.42. The standard InChI is InChI=1S/C50H96N4O17S2.C38H66N4O17S8/c1-5-8-24-61-34-37-64-31-21-51-47(57)68-27-13-11-17-43(19-15-29-70-49(59)53-23-33-66-39-36-63-26-10-7-3)40-67-41-44(20-16-30-71-50(60)54-45(46(55)56)42-73-72-4)18-12-14-28-69-48(58)52-22-32-65-38-35-62-25-9-6-2;1-60-64-21-27(31(43)44)39-35(51)56-15-7-5-11-25(13-9-17-58-37(53)41-29(33(47)48)23-66-62-3)19-55-20-26(14-10-18-59-38(54)42-30(34(49)50)24-67-63-4)12-6-8-16-57-36(52)40-28(32(45)46)22-65-61-2/h43-45H,5-42H2,1-4H3,(H,51,57)(H,52,58)(H,53,59)(H,54,60)(H,55,56);25-30H,5-24H2,1-4H3,(H,39,51)(H,40,52)(H,41,53)(H,42,54)(H,43,44)(H,45,46)(H,47,48)(H,49,50). The molecule has 9 atom stereocenters. The number of carbonyl (C=O) groups is 13. The number of carboxylic acids is 5. The Hall–Kier alpha value is -5.31. The molecule has 0 rings (SSSR count). The van der Waals surface area contributed by atoms with E-state index in [-0.39, 0.29) is 105 Å². The molecule has 0 radical (unpaired) electrons. The van der Waals surface area contributed by atoms with Gasteiger partial charge in [-0.05, 0) is 203 Å². The lowest BCUT2D eigenvalue weighted by molar-refractivity contribution is -0.139. The molecule has 52 heteroatoms. The van der Waals surface area contributed by atoms with Crippen molar-refractivity contribution in [3.8, 4) is 0 Å². The third kappa shape index (κ3) is 90.2. The number of nitrogens with one attached hydrogen (secondary N) is 8. The molecule has 0 saturated carbocycles. The predicted molar refractivity (Wildman–Crippen MR) is 555 cm³/mol. The van der Waals surface area contributed by atoms with Crippen molar-refractivity contribution >= 4 is 187 Å². The van der Waals surface area contributed by atoms with Crippen molar-refractivity contribution in [1.29, 1.82) is 0 Å². The van der Waals surface area contributed by atoms with E-state index in [0.29, 0.717) is 222 Å². The third-order valence-electron chi connectivity index (χ3n) is 19.6. The molecule has 0 aromatic rings. The first kappa shape index (κ1) is 137. The Morgan fingerprint density at radius 3 is 0.579 bits per heavy atom. The molecule has 0 bridgehead atoms. The maximum absolute atomic E-state index is 12.4. The molecule has 0 saturated heterocycles. The van der Waals surface area contributed by atoms with Crippen molar-refractivity contribution in [3.05, 3.63) is 0 Å². The summed E-state index contributed by atoms with van der Waals surface area (Å²) >= 11 is 0. The van der Waals surface area contributed by atoms with Crippen molar-refractivity contribution < 1.29 is 164 Å². The van der Waals surface area contributed by atoms with Gasteiger partial charge < -0.3 is 144 Å². The summed E-state index contributed by atoms with van der Waals surface area (Å²) in [5.41, 5.74) is 0. The molecule has 13 N–H and O–H groups in total. The Kier molecular flexibility index (Phi) is 98.6. The molecular formula is C88H162N8O34S10. The normalized spacial score (nSPS) is 13.0. The van der Waals surface area contributed by atoms with E-state index >= 15 is 0 Å². The number of hydrogen-bond donors (Lipinski definition) is 13. The zero-order chi connectivity index (χ0) is 104. The fourth-order valence-electron chi connectivity index (χ4n) is 12.0. The first-order chi connectivity index (χ1) is 67.7. The van der Waals surface area contributed by atoms with Gasteiger partial charge in [-0.3, -0.25) is 0 Å². The molecule has 42 nitrogen and oxygen atoms in total. The monoisotopic (exact) mass is 2190 g/mol. The number of alkyl carbamates (subject to hydrolysis) is 8. The Labute approximate surface area is 866 Å². The minimum Gasteiger partial charge on any atom is -0.480 e. The molecule has 140 heavy (non-hydrogen) atoms. The second-order valence-electron chi connectivity index (χ2n) is 31.1. The first-order valence-electron chi connectivity index (χ1n) is 47.7. The highest BCUT2D eigenvalue weighted by molar-refractivity contribution is 8.77. The number of aliphatic carboxylic acids is 5. The highest BCUT2D eigenvalue weighted by Gasteiger charge is 2.27. The molecule has 0 aliphatic rings. The quantitative estimate of drug-likeness (QED) is 0.0153. The van der Waals surface area contributed by atoms with Gasteiger partial charge in [-0.2, -0.15) is 0 Å². The summed E-state index contributed by atoms with van der Waals surface area (Å²) in [5, 5.41) is 67.0. The summed E-state index contributed by atoms with van der Waals surface area (Å²) in [6.07, 6.45) is 22.0. The van der Waals surface area contributed by atoms with Gasteiger partial charge in [0.25, 0.3) is 0 Å². The van der Waals surface area contributed by atoms with Crippen LogP contribution in [0.3, 0.4) is 0 Å². The summed E-state index contributed by atoms with van der Waals surface area (Å²) in [5.74, 6) is -4.87. The zero-order valence-corrected chi connectivity index (χ0v) is 91.0.